The molecule has 1 fully saturated rings. The van der Waals surface area contributed by atoms with Crippen LogP contribution in [0, 0.1) is 5.92 Å². The standard InChI is InChI=1S/C12H18O3/c1-3-5-6-9(4-2)7-10-8-11(13)15-12(10)14/h7,10H,3-6,8H2,1-2H3. The van der Waals surface area contributed by atoms with Crippen molar-refractivity contribution in [3.8, 4) is 0 Å². The fourth-order valence-corrected chi connectivity index (χ4v) is 1.69. The van der Waals surface area contributed by atoms with E-state index >= 15 is 0 Å². The maximum absolute atomic E-state index is 11.2. The van der Waals surface area contributed by atoms with Crippen molar-refractivity contribution in [2.45, 2.75) is 46.0 Å². The summed E-state index contributed by atoms with van der Waals surface area (Å²) in [7, 11) is 0. The highest BCUT2D eigenvalue weighted by Crippen LogP contribution is 2.22. The molecular weight excluding hydrogens is 192 g/mol. The number of carbonyl (C=O) groups is 2. The van der Waals surface area contributed by atoms with Gasteiger partial charge in [0.05, 0.1) is 12.3 Å². The Kier molecular flexibility index (Phi) is 4.53. The van der Waals surface area contributed by atoms with Crippen LogP contribution in [0.15, 0.2) is 11.6 Å². The molecule has 0 radical (unpaired) electrons. The van der Waals surface area contributed by atoms with Crippen molar-refractivity contribution in [3.05, 3.63) is 11.6 Å². The number of hydrogen-bond donors (Lipinski definition) is 0. The van der Waals surface area contributed by atoms with Crippen molar-refractivity contribution in [1.82, 2.24) is 0 Å². The second-order valence-electron chi connectivity index (χ2n) is 3.89. The van der Waals surface area contributed by atoms with Gasteiger partial charge in [0.25, 0.3) is 0 Å². The molecule has 0 aromatic heterocycles. The van der Waals surface area contributed by atoms with Crippen LogP contribution in [0.3, 0.4) is 0 Å². The van der Waals surface area contributed by atoms with Crippen LogP contribution in [0.2, 0.25) is 0 Å². The summed E-state index contributed by atoms with van der Waals surface area (Å²) in [5.41, 5.74) is 1.26. The largest absolute Gasteiger partial charge is 0.393 e. The summed E-state index contributed by atoms with van der Waals surface area (Å²) in [6.07, 6.45) is 6.38. The number of rotatable bonds is 5. The van der Waals surface area contributed by atoms with Crippen molar-refractivity contribution in [3.63, 3.8) is 0 Å². The average molecular weight is 210 g/mol. The Morgan fingerprint density at radius 1 is 1.47 bits per heavy atom. The van der Waals surface area contributed by atoms with Gasteiger partial charge in [0.2, 0.25) is 0 Å². The maximum Gasteiger partial charge on any atom is 0.321 e. The summed E-state index contributed by atoms with van der Waals surface area (Å²) in [5, 5.41) is 0. The lowest BCUT2D eigenvalue weighted by atomic mass is 9.99. The molecule has 1 rings (SSSR count). The van der Waals surface area contributed by atoms with E-state index in [1.54, 1.807) is 0 Å². The van der Waals surface area contributed by atoms with Crippen LogP contribution in [0.1, 0.15) is 46.0 Å². The Hall–Kier alpha value is -1.12. The lowest BCUT2D eigenvalue weighted by Gasteiger charge is -2.05. The van der Waals surface area contributed by atoms with Crippen molar-refractivity contribution in [1.29, 1.82) is 0 Å². The first-order valence-electron chi connectivity index (χ1n) is 5.61. The van der Waals surface area contributed by atoms with Gasteiger partial charge in [0.1, 0.15) is 0 Å². The minimum absolute atomic E-state index is 0.217. The number of esters is 2. The summed E-state index contributed by atoms with van der Waals surface area (Å²) in [5.74, 6) is -1.11. The van der Waals surface area contributed by atoms with E-state index in [0.717, 1.165) is 25.7 Å². The van der Waals surface area contributed by atoms with Crippen molar-refractivity contribution < 1.29 is 14.3 Å². The second kappa shape index (κ2) is 5.69. The average Bonchev–Trinajstić information content (AvgIpc) is 2.52. The van der Waals surface area contributed by atoms with Gasteiger partial charge in [0, 0.05) is 0 Å². The number of allylic oxidation sites excluding steroid dienone is 1. The second-order valence-corrected chi connectivity index (χ2v) is 3.89. The van der Waals surface area contributed by atoms with Gasteiger partial charge in [-0.05, 0) is 19.3 Å². The zero-order valence-corrected chi connectivity index (χ0v) is 9.41. The minimum atomic E-state index is -0.396. The summed E-state index contributed by atoms with van der Waals surface area (Å²) < 4.78 is 4.50. The van der Waals surface area contributed by atoms with Crippen LogP contribution in [0.4, 0.5) is 0 Å². The molecule has 0 aromatic carbocycles. The highest BCUT2D eigenvalue weighted by atomic mass is 16.6. The fourth-order valence-electron chi connectivity index (χ4n) is 1.69. The van der Waals surface area contributed by atoms with Gasteiger partial charge in [-0.15, -0.1) is 0 Å². The van der Waals surface area contributed by atoms with E-state index in [-0.39, 0.29) is 18.3 Å². The summed E-state index contributed by atoms with van der Waals surface area (Å²) in [4.78, 5) is 22.1. The number of carbonyl (C=O) groups excluding carboxylic acids is 2. The van der Waals surface area contributed by atoms with Gasteiger partial charge in [0.15, 0.2) is 0 Å². The van der Waals surface area contributed by atoms with E-state index in [1.165, 1.54) is 5.57 Å². The third kappa shape index (κ3) is 3.50. The lowest BCUT2D eigenvalue weighted by Crippen LogP contribution is -2.05. The number of ether oxygens (including phenoxy) is 1. The van der Waals surface area contributed by atoms with Crippen molar-refractivity contribution in [2.75, 3.05) is 0 Å². The minimum Gasteiger partial charge on any atom is -0.393 e. The maximum atomic E-state index is 11.2. The molecule has 3 heteroatoms. The SMILES string of the molecule is CCCCC(=CC1CC(=O)OC1=O)CC. The molecule has 1 aliphatic rings. The molecule has 1 unspecified atom stereocenters. The molecule has 0 aromatic rings. The molecule has 1 heterocycles. The van der Waals surface area contributed by atoms with E-state index in [1.807, 2.05) is 6.08 Å². The van der Waals surface area contributed by atoms with Gasteiger partial charge < -0.3 is 4.74 Å². The molecule has 0 amide bonds. The number of cyclic esters (lactones) is 2. The Labute approximate surface area is 90.5 Å². The predicted molar refractivity (Wildman–Crippen MR) is 57.1 cm³/mol. The van der Waals surface area contributed by atoms with Crippen molar-refractivity contribution in [2.24, 2.45) is 5.92 Å². The summed E-state index contributed by atoms with van der Waals surface area (Å²) >= 11 is 0. The fraction of sp³-hybridized carbons (Fsp3) is 0.667. The van der Waals surface area contributed by atoms with Gasteiger partial charge in [-0.3, -0.25) is 9.59 Å². The molecule has 0 bridgehead atoms. The molecule has 0 spiro atoms. The Morgan fingerprint density at radius 2 is 2.20 bits per heavy atom. The van der Waals surface area contributed by atoms with Gasteiger partial charge in [-0.1, -0.05) is 31.9 Å². The highest BCUT2D eigenvalue weighted by molar-refractivity contribution is 5.95. The van der Waals surface area contributed by atoms with E-state index in [4.69, 9.17) is 0 Å². The molecule has 0 aliphatic carbocycles. The normalized spacial score (nSPS) is 22.0. The zero-order valence-electron chi connectivity index (χ0n) is 9.41. The van der Waals surface area contributed by atoms with Crippen LogP contribution < -0.4 is 0 Å². The van der Waals surface area contributed by atoms with Crippen LogP contribution in [0.5, 0.6) is 0 Å². The molecule has 0 saturated carbocycles. The zero-order chi connectivity index (χ0) is 11.3. The topological polar surface area (TPSA) is 43.4 Å². The number of hydrogen-bond acceptors (Lipinski definition) is 3. The third-order valence-corrected chi connectivity index (χ3v) is 2.65. The summed E-state index contributed by atoms with van der Waals surface area (Å²) in [6, 6.07) is 0. The smallest absolute Gasteiger partial charge is 0.321 e. The molecule has 0 N–H and O–H groups in total. The Bertz CT molecular complexity index is 279. The Morgan fingerprint density at radius 3 is 2.67 bits per heavy atom. The molecule has 15 heavy (non-hydrogen) atoms. The molecule has 1 aliphatic heterocycles. The van der Waals surface area contributed by atoms with Gasteiger partial charge >= 0.3 is 11.9 Å². The first-order chi connectivity index (χ1) is 7.17. The van der Waals surface area contributed by atoms with E-state index in [0.29, 0.717) is 0 Å². The lowest BCUT2D eigenvalue weighted by molar-refractivity contribution is -0.152. The quantitative estimate of drug-likeness (QED) is 0.398. The van der Waals surface area contributed by atoms with E-state index in [2.05, 4.69) is 18.6 Å². The van der Waals surface area contributed by atoms with Crippen LogP contribution in [-0.4, -0.2) is 11.9 Å². The molecule has 1 atom stereocenters. The monoisotopic (exact) mass is 210 g/mol. The van der Waals surface area contributed by atoms with Crippen LogP contribution >= 0.6 is 0 Å². The molecule has 3 nitrogen and oxygen atoms in total. The third-order valence-electron chi connectivity index (χ3n) is 2.65. The highest BCUT2D eigenvalue weighted by Gasteiger charge is 2.31. The summed E-state index contributed by atoms with van der Waals surface area (Å²) in [6.45, 7) is 4.21. The van der Waals surface area contributed by atoms with E-state index in [9.17, 15) is 9.59 Å². The van der Waals surface area contributed by atoms with Crippen LogP contribution in [-0.2, 0) is 14.3 Å². The van der Waals surface area contributed by atoms with Crippen molar-refractivity contribution >= 4 is 11.9 Å². The van der Waals surface area contributed by atoms with E-state index < -0.39 is 5.97 Å². The number of unbranched alkanes of at least 4 members (excludes halogenated alkanes) is 1. The van der Waals surface area contributed by atoms with Gasteiger partial charge in [-0.2, -0.15) is 0 Å². The molecule has 84 valence electrons. The first-order valence-corrected chi connectivity index (χ1v) is 5.61. The van der Waals surface area contributed by atoms with Gasteiger partial charge in [-0.25, -0.2) is 0 Å². The Balaban J connectivity index is 2.58. The predicted octanol–water partition coefficient (Wildman–Crippen LogP) is 2.60. The first kappa shape index (κ1) is 12.0. The molecule has 1 saturated heterocycles. The van der Waals surface area contributed by atoms with Crippen LogP contribution in [0.25, 0.3) is 0 Å². The molecular formula is C12H18O3.